The van der Waals surface area contributed by atoms with Crippen LogP contribution >= 0.6 is 0 Å². The van der Waals surface area contributed by atoms with Crippen LogP contribution in [0.2, 0.25) is 0 Å². The Bertz CT molecular complexity index is 156. The van der Waals surface area contributed by atoms with Gasteiger partial charge in [0.05, 0.1) is 6.10 Å². The van der Waals surface area contributed by atoms with Crippen molar-refractivity contribution in [3.8, 4) is 0 Å². The summed E-state index contributed by atoms with van der Waals surface area (Å²) >= 11 is 0. The van der Waals surface area contributed by atoms with E-state index in [-0.39, 0.29) is 12.1 Å². The van der Waals surface area contributed by atoms with Gasteiger partial charge in [-0.15, -0.1) is 0 Å². The highest BCUT2D eigenvalue weighted by atomic mass is 16.6. The van der Waals surface area contributed by atoms with Gasteiger partial charge < -0.3 is 9.84 Å². The lowest BCUT2D eigenvalue weighted by atomic mass is 9.95. The summed E-state index contributed by atoms with van der Waals surface area (Å²) < 4.78 is 5.06. The van der Waals surface area contributed by atoms with E-state index in [1.165, 1.54) is 0 Å². The maximum atomic E-state index is 10.9. The van der Waals surface area contributed by atoms with Crippen LogP contribution in [0.15, 0.2) is 0 Å². The van der Waals surface area contributed by atoms with Gasteiger partial charge in [0.15, 0.2) is 0 Å². The molecule has 1 saturated carbocycles. The van der Waals surface area contributed by atoms with E-state index in [2.05, 4.69) is 0 Å². The van der Waals surface area contributed by atoms with E-state index in [0.29, 0.717) is 6.42 Å². The number of carbonyl (C=O) groups excluding carboxylic acids is 1. The van der Waals surface area contributed by atoms with E-state index in [0.717, 1.165) is 25.7 Å². The second-order valence-electron chi connectivity index (χ2n) is 3.23. The first-order chi connectivity index (χ1) is 5.74. The Morgan fingerprint density at radius 1 is 1.50 bits per heavy atom. The molecule has 1 aliphatic carbocycles. The molecule has 0 radical (unpaired) electrons. The smallest absolute Gasteiger partial charge is 0.305 e. The number of aliphatic hydroxyl groups is 1. The second kappa shape index (κ2) is 4.45. The lowest BCUT2D eigenvalue weighted by Crippen LogP contribution is -2.33. The standard InChI is InChI=1S/C9H16O3/c1-2-9(11)12-8-6-4-3-5-7(8)10/h7-8,10H,2-6H2,1H3/t7-,8+/m1/s1. The molecule has 0 aromatic carbocycles. The molecular weight excluding hydrogens is 156 g/mol. The summed E-state index contributed by atoms with van der Waals surface area (Å²) in [6, 6.07) is 0. The number of hydrogen-bond acceptors (Lipinski definition) is 3. The first kappa shape index (κ1) is 9.52. The molecule has 0 aromatic heterocycles. The van der Waals surface area contributed by atoms with Gasteiger partial charge in [-0.3, -0.25) is 4.79 Å². The third kappa shape index (κ3) is 2.48. The molecule has 3 heteroatoms. The Labute approximate surface area is 72.7 Å². The summed E-state index contributed by atoms with van der Waals surface area (Å²) in [6.07, 6.45) is 3.39. The van der Waals surface area contributed by atoms with Crippen molar-refractivity contribution in [1.29, 1.82) is 0 Å². The molecule has 70 valence electrons. The Hall–Kier alpha value is -0.570. The predicted molar refractivity (Wildman–Crippen MR) is 44.6 cm³/mol. The van der Waals surface area contributed by atoms with Crippen molar-refractivity contribution in [3.05, 3.63) is 0 Å². The van der Waals surface area contributed by atoms with Crippen molar-refractivity contribution in [2.45, 2.75) is 51.2 Å². The SMILES string of the molecule is CCC(=O)O[C@H]1CCCC[C@H]1O. The van der Waals surface area contributed by atoms with Gasteiger partial charge in [-0.2, -0.15) is 0 Å². The van der Waals surface area contributed by atoms with Crippen LogP contribution in [0.1, 0.15) is 39.0 Å². The quantitative estimate of drug-likeness (QED) is 0.637. The van der Waals surface area contributed by atoms with Gasteiger partial charge in [-0.25, -0.2) is 0 Å². The van der Waals surface area contributed by atoms with Gasteiger partial charge in [0, 0.05) is 6.42 Å². The van der Waals surface area contributed by atoms with Crippen molar-refractivity contribution in [2.24, 2.45) is 0 Å². The monoisotopic (exact) mass is 172 g/mol. The number of hydrogen-bond donors (Lipinski definition) is 1. The summed E-state index contributed by atoms with van der Waals surface area (Å²) in [7, 11) is 0. The summed E-state index contributed by atoms with van der Waals surface area (Å²) in [6.45, 7) is 1.76. The molecule has 0 aliphatic heterocycles. The van der Waals surface area contributed by atoms with Crippen LogP contribution in [0.3, 0.4) is 0 Å². The summed E-state index contributed by atoms with van der Waals surface area (Å²) in [5.41, 5.74) is 0. The van der Waals surface area contributed by atoms with Gasteiger partial charge in [-0.05, 0) is 19.3 Å². The molecule has 2 atom stereocenters. The lowest BCUT2D eigenvalue weighted by Gasteiger charge is -2.26. The van der Waals surface area contributed by atoms with Crippen molar-refractivity contribution in [3.63, 3.8) is 0 Å². The summed E-state index contributed by atoms with van der Waals surface area (Å²) in [5, 5.41) is 9.44. The van der Waals surface area contributed by atoms with Crippen molar-refractivity contribution >= 4 is 5.97 Å². The highest BCUT2D eigenvalue weighted by Gasteiger charge is 2.25. The molecule has 0 bridgehead atoms. The van der Waals surface area contributed by atoms with Gasteiger partial charge >= 0.3 is 5.97 Å². The average Bonchev–Trinajstić information content (AvgIpc) is 2.09. The molecule has 1 aliphatic rings. The third-order valence-electron chi connectivity index (χ3n) is 2.24. The largest absolute Gasteiger partial charge is 0.460 e. The Kier molecular flexibility index (Phi) is 3.53. The normalized spacial score (nSPS) is 29.8. The fraction of sp³-hybridized carbons (Fsp3) is 0.889. The van der Waals surface area contributed by atoms with Crippen LogP contribution in [0.25, 0.3) is 0 Å². The Balaban J connectivity index is 2.33. The predicted octanol–water partition coefficient (Wildman–Crippen LogP) is 1.24. The first-order valence-electron chi connectivity index (χ1n) is 4.61. The molecule has 3 nitrogen and oxygen atoms in total. The molecule has 0 aromatic rings. The number of carbonyl (C=O) groups is 1. The van der Waals surface area contributed by atoms with E-state index in [1.807, 2.05) is 0 Å². The van der Waals surface area contributed by atoms with E-state index >= 15 is 0 Å². The first-order valence-corrected chi connectivity index (χ1v) is 4.61. The molecule has 1 fully saturated rings. The topological polar surface area (TPSA) is 46.5 Å². The third-order valence-corrected chi connectivity index (χ3v) is 2.24. The zero-order valence-electron chi connectivity index (χ0n) is 7.45. The van der Waals surface area contributed by atoms with Gasteiger partial charge in [0.1, 0.15) is 6.10 Å². The van der Waals surface area contributed by atoms with Crippen molar-refractivity contribution in [2.75, 3.05) is 0 Å². The maximum Gasteiger partial charge on any atom is 0.305 e. The zero-order chi connectivity index (χ0) is 8.97. The maximum absolute atomic E-state index is 10.9. The molecule has 0 saturated heterocycles. The molecule has 1 rings (SSSR count). The van der Waals surface area contributed by atoms with E-state index in [9.17, 15) is 9.90 Å². The number of rotatable bonds is 2. The fourth-order valence-corrected chi connectivity index (χ4v) is 1.47. The van der Waals surface area contributed by atoms with Gasteiger partial charge in [0.2, 0.25) is 0 Å². The number of ether oxygens (including phenoxy) is 1. The van der Waals surface area contributed by atoms with Gasteiger partial charge in [0.25, 0.3) is 0 Å². The van der Waals surface area contributed by atoms with Crippen LogP contribution in [0.4, 0.5) is 0 Å². The van der Waals surface area contributed by atoms with Gasteiger partial charge in [-0.1, -0.05) is 13.3 Å². The van der Waals surface area contributed by atoms with Crippen LogP contribution in [0, 0.1) is 0 Å². The molecule has 0 amide bonds. The van der Waals surface area contributed by atoms with Crippen LogP contribution in [0.5, 0.6) is 0 Å². The summed E-state index contributed by atoms with van der Waals surface area (Å²) in [5.74, 6) is -0.207. The minimum Gasteiger partial charge on any atom is -0.460 e. The van der Waals surface area contributed by atoms with Crippen LogP contribution < -0.4 is 0 Å². The number of esters is 1. The molecule has 12 heavy (non-hydrogen) atoms. The Morgan fingerprint density at radius 2 is 2.17 bits per heavy atom. The second-order valence-corrected chi connectivity index (χ2v) is 3.23. The van der Waals surface area contributed by atoms with E-state index in [4.69, 9.17) is 4.74 Å². The molecule has 0 heterocycles. The molecule has 1 N–H and O–H groups in total. The van der Waals surface area contributed by atoms with E-state index < -0.39 is 6.10 Å². The minimum absolute atomic E-state index is 0.207. The average molecular weight is 172 g/mol. The highest BCUT2D eigenvalue weighted by molar-refractivity contribution is 5.69. The minimum atomic E-state index is -0.436. The number of aliphatic hydroxyl groups excluding tert-OH is 1. The molecule has 0 unspecified atom stereocenters. The fourth-order valence-electron chi connectivity index (χ4n) is 1.47. The van der Waals surface area contributed by atoms with Crippen molar-refractivity contribution < 1.29 is 14.6 Å². The van der Waals surface area contributed by atoms with Crippen LogP contribution in [-0.2, 0) is 9.53 Å². The van der Waals surface area contributed by atoms with Crippen LogP contribution in [-0.4, -0.2) is 23.3 Å². The molecular formula is C9H16O3. The lowest BCUT2D eigenvalue weighted by molar-refractivity contribution is -0.157. The van der Waals surface area contributed by atoms with Crippen molar-refractivity contribution in [1.82, 2.24) is 0 Å². The zero-order valence-corrected chi connectivity index (χ0v) is 7.45. The van der Waals surface area contributed by atoms with E-state index in [1.54, 1.807) is 6.92 Å². The Morgan fingerprint density at radius 3 is 2.75 bits per heavy atom. The highest BCUT2D eigenvalue weighted by Crippen LogP contribution is 2.21. The molecule has 0 spiro atoms. The summed E-state index contributed by atoms with van der Waals surface area (Å²) in [4.78, 5) is 10.9.